The number of fused-ring (bicyclic) bond motifs is 3. The third-order valence-electron chi connectivity index (χ3n) is 5.36. The van der Waals surface area contributed by atoms with Gasteiger partial charge in [-0.15, -0.1) is 0 Å². The van der Waals surface area contributed by atoms with E-state index >= 15 is 4.39 Å². The van der Waals surface area contributed by atoms with E-state index in [9.17, 15) is 4.39 Å². The van der Waals surface area contributed by atoms with Crippen LogP contribution in [0.5, 0.6) is 5.75 Å². The molecule has 2 nitrogen and oxygen atoms in total. The Morgan fingerprint density at radius 1 is 0.885 bits per heavy atom. The summed E-state index contributed by atoms with van der Waals surface area (Å²) < 4.78 is 40.0. The Balaban J connectivity index is 0.000000948. The normalized spacial score (nSPS) is 20.1. The number of halogens is 2. The molecular formula is C22H26F2O2. The van der Waals surface area contributed by atoms with Crippen molar-refractivity contribution in [2.75, 3.05) is 7.11 Å². The molecule has 140 valence electrons. The van der Waals surface area contributed by atoms with E-state index in [0.29, 0.717) is 22.3 Å². The van der Waals surface area contributed by atoms with Crippen LogP contribution in [0, 0.1) is 17.6 Å². The molecular weight excluding hydrogens is 334 g/mol. The Bertz CT molecular complexity index is 906. The van der Waals surface area contributed by atoms with Crippen molar-refractivity contribution in [2.45, 2.75) is 52.4 Å². The van der Waals surface area contributed by atoms with E-state index in [0.717, 1.165) is 25.7 Å². The van der Waals surface area contributed by atoms with E-state index in [1.165, 1.54) is 7.11 Å². The number of hydrogen-bond donors (Lipinski definition) is 0. The Kier molecular flexibility index (Phi) is 5.49. The molecule has 1 aliphatic rings. The van der Waals surface area contributed by atoms with Crippen molar-refractivity contribution in [1.29, 1.82) is 0 Å². The van der Waals surface area contributed by atoms with E-state index in [1.807, 2.05) is 26.0 Å². The number of rotatable bonds is 2. The molecule has 1 fully saturated rings. The number of furan rings is 1. The average Bonchev–Trinajstić information content (AvgIpc) is 3.06. The lowest BCUT2D eigenvalue weighted by atomic mass is 9.79. The molecule has 4 rings (SSSR count). The summed E-state index contributed by atoms with van der Waals surface area (Å²) in [6, 6.07) is 6.95. The Morgan fingerprint density at radius 3 is 2.08 bits per heavy atom. The van der Waals surface area contributed by atoms with Crippen molar-refractivity contribution in [3.8, 4) is 5.75 Å². The molecule has 1 saturated carbocycles. The van der Waals surface area contributed by atoms with Gasteiger partial charge in [0.15, 0.2) is 22.7 Å². The van der Waals surface area contributed by atoms with Gasteiger partial charge in [0.25, 0.3) is 0 Å². The number of hydrogen-bond acceptors (Lipinski definition) is 2. The number of benzene rings is 2. The predicted octanol–water partition coefficient (Wildman–Crippen LogP) is 7.19. The highest BCUT2D eigenvalue weighted by Gasteiger charge is 2.25. The van der Waals surface area contributed by atoms with Gasteiger partial charge in [-0.05, 0) is 48.4 Å². The molecule has 1 aromatic heterocycles. The molecule has 3 aromatic rings. The van der Waals surface area contributed by atoms with Crippen LogP contribution in [0.3, 0.4) is 0 Å². The van der Waals surface area contributed by atoms with Crippen molar-refractivity contribution in [2.24, 2.45) is 5.92 Å². The molecule has 26 heavy (non-hydrogen) atoms. The maximum Gasteiger partial charge on any atom is 0.208 e. The van der Waals surface area contributed by atoms with Crippen LogP contribution in [0.15, 0.2) is 28.7 Å². The zero-order valence-electron chi connectivity index (χ0n) is 15.9. The summed E-state index contributed by atoms with van der Waals surface area (Å²) in [7, 11) is 1.40. The van der Waals surface area contributed by atoms with Gasteiger partial charge in [-0.2, -0.15) is 4.39 Å². The minimum atomic E-state index is -0.585. The second-order valence-electron chi connectivity index (χ2n) is 6.86. The average molecular weight is 360 g/mol. The van der Waals surface area contributed by atoms with E-state index in [1.54, 1.807) is 12.1 Å². The second-order valence-corrected chi connectivity index (χ2v) is 6.86. The largest absolute Gasteiger partial charge is 0.494 e. The molecule has 0 spiro atoms. The Labute approximate surface area is 153 Å². The molecule has 2 aromatic carbocycles. The van der Waals surface area contributed by atoms with E-state index in [4.69, 9.17) is 9.15 Å². The van der Waals surface area contributed by atoms with E-state index in [2.05, 4.69) is 6.92 Å². The first kappa shape index (κ1) is 18.7. The summed E-state index contributed by atoms with van der Waals surface area (Å²) in [6.07, 6.45) is 4.22. The molecule has 4 heteroatoms. The van der Waals surface area contributed by atoms with E-state index in [-0.39, 0.29) is 28.7 Å². The van der Waals surface area contributed by atoms with Crippen molar-refractivity contribution in [3.63, 3.8) is 0 Å². The first-order valence-electron chi connectivity index (χ1n) is 9.47. The topological polar surface area (TPSA) is 22.4 Å². The van der Waals surface area contributed by atoms with Gasteiger partial charge < -0.3 is 9.15 Å². The summed E-state index contributed by atoms with van der Waals surface area (Å²) in [6.45, 7) is 6.24. The fraction of sp³-hybridized carbons (Fsp3) is 0.455. The molecule has 0 bridgehead atoms. The summed E-state index contributed by atoms with van der Waals surface area (Å²) in [5.41, 5.74) is 0.895. The molecule has 0 N–H and O–H groups in total. The van der Waals surface area contributed by atoms with Crippen LogP contribution in [0.4, 0.5) is 8.78 Å². The summed E-state index contributed by atoms with van der Waals surface area (Å²) >= 11 is 0. The van der Waals surface area contributed by atoms with Crippen LogP contribution in [0.2, 0.25) is 0 Å². The van der Waals surface area contributed by atoms with Crippen LogP contribution < -0.4 is 4.74 Å². The lowest BCUT2D eigenvalue weighted by Crippen LogP contribution is -2.12. The van der Waals surface area contributed by atoms with Gasteiger partial charge in [0, 0.05) is 10.8 Å². The number of ether oxygens (including phenoxy) is 1. The van der Waals surface area contributed by atoms with Gasteiger partial charge in [0.05, 0.1) is 7.11 Å². The highest BCUT2D eigenvalue weighted by atomic mass is 19.1. The van der Waals surface area contributed by atoms with Crippen LogP contribution >= 0.6 is 0 Å². The fourth-order valence-corrected chi connectivity index (χ4v) is 3.88. The molecule has 0 atom stereocenters. The van der Waals surface area contributed by atoms with Crippen LogP contribution in [-0.4, -0.2) is 7.11 Å². The minimum absolute atomic E-state index is 0.0534. The van der Waals surface area contributed by atoms with Gasteiger partial charge in [0.2, 0.25) is 5.82 Å². The molecule has 0 aliphatic heterocycles. The van der Waals surface area contributed by atoms with Crippen molar-refractivity contribution in [3.05, 3.63) is 41.5 Å². The number of methoxy groups -OCH3 is 1. The Morgan fingerprint density at radius 2 is 1.46 bits per heavy atom. The second kappa shape index (κ2) is 7.65. The molecule has 1 aliphatic carbocycles. The van der Waals surface area contributed by atoms with Gasteiger partial charge >= 0.3 is 0 Å². The molecule has 1 heterocycles. The van der Waals surface area contributed by atoms with Crippen LogP contribution in [-0.2, 0) is 0 Å². The minimum Gasteiger partial charge on any atom is -0.494 e. The highest BCUT2D eigenvalue weighted by molar-refractivity contribution is 6.05. The van der Waals surface area contributed by atoms with Gasteiger partial charge in [-0.25, -0.2) is 4.39 Å². The summed E-state index contributed by atoms with van der Waals surface area (Å²) in [5.74, 6) is 0.0997. The molecule has 0 unspecified atom stereocenters. The molecule has 0 amide bonds. The van der Waals surface area contributed by atoms with Gasteiger partial charge in [-0.1, -0.05) is 39.7 Å². The third-order valence-corrected chi connectivity index (χ3v) is 5.36. The highest BCUT2D eigenvalue weighted by Crippen LogP contribution is 2.41. The van der Waals surface area contributed by atoms with Gasteiger partial charge in [-0.3, -0.25) is 0 Å². The maximum absolute atomic E-state index is 15.1. The lowest BCUT2D eigenvalue weighted by Gasteiger charge is -2.26. The maximum atomic E-state index is 15.1. The third kappa shape index (κ3) is 3.06. The molecule has 0 radical (unpaired) electrons. The van der Waals surface area contributed by atoms with Crippen molar-refractivity contribution >= 4 is 21.9 Å². The quantitative estimate of drug-likeness (QED) is 0.482. The smallest absolute Gasteiger partial charge is 0.208 e. The first-order chi connectivity index (χ1) is 12.6. The summed E-state index contributed by atoms with van der Waals surface area (Å²) in [4.78, 5) is 0. The SMILES string of the molecule is CC.COc1ccc2c(oc3c(F)c(C4CCC(C)CC4)ccc32)c1F. The van der Waals surface area contributed by atoms with Crippen LogP contribution in [0.25, 0.3) is 21.9 Å². The predicted molar refractivity (Wildman–Crippen MR) is 102 cm³/mol. The van der Waals surface area contributed by atoms with Crippen LogP contribution in [0.1, 0.15) is 57.9 Å². The van der Waals surface area contributed by atoms with Gasteiger partial charge in [0.1, 0.15) is 0 Å². The lowest BCUT2D eigenvalue weighted by molar-refractivity contribution is 0.342. The first-order valence-corrected chi connectivity index (χ1v) is 9.47. The zero-order chi connectivity index (χ0) is 18.8. The van der Waals surface area contributed by atoms with Crippen molar-refractivity contribution < 1.29 is 17.9 Å². The van der Waals surface area contributed by atoms with Crippen molar-refractivity contribution in [1.82, 2.24) is 0 Å². The molecule has 0 saturated heterocycles. The zero-order valence-corrected chi connectivity index (χ0v) is 15.9. The Hall–Kier alpha value is -2.10. The fourth-order valence-electron chi connectivity index (χ4n) is 3.88. The standard InChI is InChI=1S/C20H20F2O2.C2H6/c1-11-3-5-12(6-4-11)13-7-8-14-15-9-10-16(23-2)18(22)20(15)24-19(14)17(13)21;1-2/h7-12H,3-6H2,1-2H3;1-2H3. The summed E-state index contributed by atoms with van der Waals surface area (Å²) in [5, 5.41) is 1.18. The monoisotopic (exact) mass is 360 g/mol. The van der Waals surface area contributed by atoms with E-state index < -0.39 is 5.82 Å².